The molecule has 0 spiro atoms. The van der Waals surface area contributed by atoms with Crippen LogP contribution in [0.1, 0.15) is 41.2 Å². The van der Waals surface area contributed by atoms with Gasteiger partial charge in [0.2, 0.25) is 5.91 Å². The molecule has 0 bridgehead atoms. The number of anilines is 1. The van der Waals surface area contributed by atoms with E-state index in [1.165, 1.54) is 17.6 Å². The Morgan fingerprint density at radius 2 is 1.93 bits per heavy atom. The zero-order valence-electron chi connectivity index (χ0n) is 16.4. The Bertz CT molecular complexity index is 1010. The van der Waals surface area contributed by atoms with Gasteiger partial charge >= 0.3 is 0 Å². The third-order valence-corrected chi connectivity index (χ3v) is 5.63. The summed E-state index contributed by atoms with van der Waals surface area (Å²) < 4.78 is 5.14. The van der Waals surface area contributed by atoms with Gasteiger partial charge in [0.1, 0.15) is 5.76 Å². The maximum atomic E-state index is 12.3. The molecule has 2 heterocycles. The van der Waals surface area contributed by atoms with Crippen LogP contribution in [0.4, 0.5) is 5.13 Å². The van der Waals surface area contributed by atoms with Crippen LogP contribution in [0.2, 0.25) is 5.02 Å². The highest BCUT2D eigenvalue weighted by Gasteiger charge is 2.22. The summed E-state index contributed by atoms with van der Waals surface area (Å²) in [7, 11) is 0. The third kappa shape index (κ3) is 5.46. The first-order chi connectivity index (χ1) is 13.7. The molecule has 2 amide bonds. The van der Waals surface area contributed by atoms with Gasteiger partial charge in [-0.25, -0.2) is 4.98 Å². The van der Waals surface area contributed by atoms with E-state index in [1.807, 2.05) is 24.3 Å². The Hall–Kier alpha value is -2.64. The van der Waals surface area contributed by atoms with Gasteiger partial charge < -0.3 is 9.73 Å². The van der Waals surface area contributed by atoms with Crippen molar-refractivity contribution in [1.29, 1.82) is 0 Å². The van der Waals surface area contributed by atoms with E-state index in [9.17, 15) is 9.59 Å². The number of hydrogen-bond donors (Lipinski definition) is 2. The summed E-state index contributed by atoms with van der Waals surface area (Å²) in [5.41, 5.74) is 1.93. The summed E-state index contributed by atoms with van der Waals surface area (Å²) in [6, 6.07) is 9.22. The molecular weight excluding hydrogens is 410 g/mol. The van der Waals surface area contributed by atoms with Crippen LogP contribution >= 0.6 is 22.9 Å². The number of thiazole rings is 1. The van der Waals surface area contributed by atoms with Gasteiger partial charge in [-0.3, -0.25) is 14.9 Å². The molecule has 0 saturated carbocycles. The molecule has 0 aliphatic heterocycles. The summed E-state index contributed by atoms with van der Waals surface area (Å²) in [5.74, 6) is 0.133. The van der Waals surface area contributed by atoms with Crippen molar-refractivity contribution in [3.05, 3.63) is 69.6 Å². The van der Waals surface area contributed by atoms with E-state index >= 15 is 0 Å². The second-order valence-corrected chi connectivity index (χ2v) is 8.63. The maximum absolute atomic E-state index is 12.3. The molecule has 2 aromatic heterocycles. The molecule has 0 fully saturated rings. The third-order valence-electron chi connectivity index (χ3n) is 4.57. The molecule has 2 N–H and O–H groups in total. The SMILES string of the molecule is Cc1occc1C(=O)Nc1nc(CC(=O)NCC(C)(C)c2ccc(Cl)cc2)cs1. The first-order valence-corrected chi connectivity index (χ1v) is 10.3. The Kier molecular flexibility index (Phi) is 6.39. The zero-order chi connectivity index (χ0) is 21.0. The van der Waals surface area contributed by atoms with E-state index in [0.717, 1.165) is 5.56 Å². The monoisotopic (exact) mass is 431 g/mol. The van der Waals surface area contributed by atoms with Gasteiger partial charge in [0.15, 0.2) is 5.13 Å². The number of aryl methyl sites for hydroxylation is 1. The quantitative estimate of drug-likeness (QED) is 0.573. The summed E-state index contributed by atoms with van der Waals surface area (Å²) in [5, 5.41) is 8.58. The summed E-state index contributed by atoms with van der Waals surface area (Å²) >= 11 is 7.22. The number of nitrogens with zero attached hydrogens (tertiary/aromatic N) is 1. The minimum atomic E-state index is -0.286. The number of hydrogen-bond acceptors (Lipinski definition) is 5. The molecule has 152 valence electrons. The minimum absolute atomic E-state index is 0.124. The number of nitrogens with one attached hydrogen (secondary N) is 2. The van der Waals surface area contributed by atoms with Crippen LogP contribution in [0.25, 0.3) is 0 Å². The minimum Gasteiger partial charge on any atom is -0.469 e. The second-order valence-electron chi connectivity index (χ2n) is 7.33. The van der Waals surface area contributed by atoms with Gasteiger partial charge in [-0.05, 0) is 30.7 Å². The molecule has 0 radical (unpaired) electrons. The van der Waals surface area contributed by atoms with Crippen molar-refractivity contribution < 1.29 is 14.0 Å². The molecule has 8 heteroatoms. The van der Waals surface area contributed by atoms with Crippen LogP contribution < -0.4 is 10.6 Å². The number of carbonyl (C=O) groups is 2. The Morgan fingerprint density at radius 3 is 2.59 bits per heavy atom. The average Bonchev–Trinajstić information content (AvgIpc) is 3.29. The Morgan fingerprint density at radius 1 is 1.21 bits per heavy atom. The number of carbonyl (C=O) groups excluding carboxylic acids is 2. The molecule has 3 aromatic rings. The molecule has 6 nitrogen and oxygen atoms in total. The van der Waals surface area contributed by atoms with Crippen molar-refractivity contribution >= 4 is 39.9 Å². The lowest BCUT2D eigenvalue weighted by atomic mass is 9.84. The topological polar surface area (TPSA) is 84.2 Å². The normalized spacial score (nSPS) is 11.3. The van der Waals surface area contributed by atoms with Crippen molar-refractivity contribution in [3.8, 4) is 0 Å². The molecule has 0 saturated heterocycles. The van der Waals surface area contributed by atoms with Crippen LogP contribution in [-0.2, 0) is 16.6 Å². The number of furan rings is 1. The lowest BCUT2D eigenvalue weighted by Gasteiger charge is -2.25. The fourth-order valence-corrected chi connectivity index (χ4v) is 3.61. The zero-order valence-corrected chi connectivity index (χ0v) is 18.0. The van der Waals surface area contributed by atoms with E-state index in [0.29, 0.717) is 33.7 Å². The molecule has 29 heavy (non-hydrogen) atoms. The average molecular weight is 432 g/mol. The molecule has 0 atom stereocenters. The molecule has 3 rings (SSSR count). The highest BCUT2D eigenvalue weighted by Crippen LogP contribution is 2.24. The first kappa shape index (κ1) is 21.1. The van der Waals surface area contributed by atoms with Gasteiger partial charge in [-0.2, -0.15) is 0 Å². The number of benzene rings is 1. The van der Waals surface area contributed by atoms with E-state index in [-0.39, 0.29) is 23.7 Å². The predicted octanol–water partition coefficient (Wildman–Crippen LogP) is 4.59. The van der Waals surface area contributed by atoms with Crippen LogP contribution in [0.3, 0.4) is 0 Å². The number of rotatable bonds is 7. The summed E-state index contributed by atoms with van der Waals surface area (Å²) in [6.07, 6.45) is 1.61. The van der Waals surface area contributed by atoms with Crippen LogP contribution in [0, 0.1) is 6.92 Å². The van der Waals surface area contributed by atoms with Gasteiger partial charge in [0, 0.05) is 22.4 Å². The molecular formula is C21H22ClN3O3S. The molecule has 1 aromatic carbocycles. The van der Waals surface area contributed by atoms with Gasteiger partial charge in [-0.15, -0.1) is 11.3 Å². The summed E-state index contributed by atoms with van der Waals surface area (Å²) in [6.45, 7) is 6.33. The van der Waals surface area contributed by atoms with E-state index < -0.39 is 0 Å². The highest BCUT2D eigenvalue weighted by atomic mass is 35.5. The van der Waals surface area contributed by atoms with Crippen molar-refractivity contribution in [2.45, 2.75) is 32.6 Å². The number of amides is 2. The maximum Gasteiger partial charge on any atom is 0.260 e. The fourth-order valence-electron chi connectivity index (χ4n) is 2.78. The van der Waals surface area contributed by atoms with Gasteiger partial charge in [0.25, 0.3) is 5.91 Å². The van der Waals surface area contributed by atoms with E-state index in [2.05, 4.69) is 29.5 Å². The van der Waals surface area contributed by atoms with Gasteiger partial charge in [-0.1, -0.05) is 37.6 Å². The van der Waals surface area contributed by atoms with Crippen molar-refractivity contribution in [2.24, 2.45) is 0 Å². The number of aromatic nitrogens is 1. The number of halogens is 1. The Labute approximate surface area is 178 Å². The van der Waals surface area contributed by atoms with Crippen molar-refractivity contribution in [2.75, 3.05) is 11.9 Å². The van der Waals surface area contributed by atoms with Crippen molar-refractivity contribution in [3.63, 3.8) is 0 Å². The largest absolute Gasteiger partial charge is 0.469 e. The molecule has 0 aliphatic carbocycles. The molecule has 0 unspecified atom stereocenters. The fraction of sp³-hybridized carbons (Fsp3) is 0.286. The molecule has 0 aliphatic rings. The standard InChI is InChI=1S/C21H22ClN3O3S/c1-13-17(8-9-28-13)19(27)25-20-24-16(11-29-20)10-18(26)23-12-21(2,3)14-4-6-15(22)7-5-14/h4-9,11H,10,12H2,1-3H3,(H,23,26)(H,24,25,27). The first-order valence-electron chi connectivity index (χ1n) is 9.07. The highest BCUT2D eigenvalue weighted by molar-refractivity contribution is 7.14. The van der Waals surface area contributed by atoms with Crippen LogP contribution in [0.5, 0.6) is 0 Å². The lowest BCUT2D eigenvalue weighted by Crippen LogP contribution is -2.37. The smallest absolute Gasteiger partial charge is 0.260 e. The van der Waals surface area contributed by atoms with Gasteiger partial charge in [0.05, 0.1) is 23.9 Å². The summed E-state index contributed by atoms with van der Waals surface area (Å²) in [4.78, 5) is 28.9. The predicted molar refractivity (Wildman–Crippen MR) is 115 cm³/mol. The van der Waals surface area contributed by atoms with Crippen LogP contribution in [0.15, 0.2) is 46.4 Å². The van der Waals surface area contributed by atoms with E-state index in [1.54, 1.807) is 18.4 Å². The second kappa shape index (κ2) is 8.80. The van der Waals surface area contributed by atoms with E-state index in [4.69, 9.17) is 16.0 Å². The lowest BCUT2D eigenvalue weighted by molar-refractivity contribution is -0.120. The van der Waals surface area contributed by atoms with Crippen LogP contribution in [-0.4, -0.2) is 23.3 Å². The van der Waals surface area contributed by atoms with Crippen molar-refractivity contribution in [1.82, 2.24) is 10.3 Å². The Balaban J connectivity index is 1.53.